The second-order valence-corrected chi connectivity index (χ2v) is 14.4. The highest BCUT2D eigenvalue weighted by Crippen LogP contribution is 2.64. The Hall–Kier alpha value is -6.96. The maximum atomic E-state index is 2.45. The van der Waals surface area contributed by atoms with Crippen LogP contribution < -0.4 is 4.90 Å². The summed E-state index contributed by atoms with van der Waals surface area (Å²) in [5, 5.41) is 2.50. The SMILES string of the molecule is c1ccc(-c2ccc3cccc(-c4ccc(N(c5ccccc5)c5cccc6c5-c5ccccc5C65c6ccccc6-c6ccccc65)cc4)c3c2)cc1. The van der Waals surface area contributed by atoms with Gasteiger partial charge in [-0.15, -0.1) is 0 Å². The smallest absolute Gasteiger partial charge is 0.0726 e. The van der Waals surface area contributed by atoms with Crippen LogP contribution in [0, 0.1) is 0 Å². The lowest BCUT2D eigenvalue weighted by molar-refractivity contribution is 0.794. The zero-order valence-corrected chi connectivity index (χ0v) is 29.7. The second kappa shape index (κ2) is 12.0. The van der Waals surface area contributed by atoms with Crippen LogP contribution in [-0.2, 0) is 5.41 Å². The first-order valence-corrected chi connectivity index (χ1v) is 18.8. The molecule has 252 valence electrons. The van der Waals surface area contributed by atoms with Crippen LogP contribution in [0.5, 0.6) is 0 Å². The van der Waals surface area contributed by atoms with E-state index in [-0.39, 0.29) is 0 Å². The molecule has 2 aliphatic rings. The summed E-state index contributed by atoms with van der Waals surface area (Å²) in [4.78, 5) is 2.45. The van der Waals surface area contributed by atoms with E-state index in [4.69, 9.17) is 0 Å². The molecule has 0 saturated heterocycles. The number of fused-ring (bicyclic) bond motifs is 11. The van der Waals surface area contributed by atoms with E-state index in [1.54, 1.807) is 0 Å². The Bertz CT molecular complexity index is 2820. The number of anilines is 3. The third-order valence-electron chi connectivity index (χ3n) is 11.7. The predicted molar refractivity (Wildman–Crippen MR) is 226 cm³/mol. The zero-order valence-electron chi connectivity index (χ0n) is 29.7. The molecule has 0 amide bonds. The number of nitrogens with zero attached hydrogens (tertiary/aromatic N) is 1. The van der Waals surface area contributed by atoms with Crippen molar-refractivity contribution < 1.29 is 0 Å². The van der Waals surface area contributed by atoms with Gasteiger partial charge in [0.25, 0.3) is 0 Å². The first-order valence-electron chi connectivity index (χ1n) is 18.8. The number of para-hydroxylation sites is 1. The molecule has 0 fully saturated rings. The second-order valence-electron chi connectivity index (χ2n) is 14.4. The molecule has 0 heterocycles. The Kier molecular flexibility index (Phi) is 6.84. The maximum Gasteiger partial charge on any atom is 0.0726 e. The van der Waals surface area contributed by atoms with Gasteiger partial charge in [-0.1, -0.05) is 176 Å². The number of benzene rings is 9. The van der Waals surface area contributed by atoms with E-state index in [1.807, 2.05) is 0 Å². The Labute approximate surface area is 316 Å². The van der Waals surface area contributed by atoms with Crippen molar-refractivity contribution in [3.63, 3.8) is 0 Å². The number of hydrogen-bond donors (Lipinski definition) is 0. The van der Waals surface area contributed by atoms with Gasteiger partial charge in [-0.25, -0.2) is 0 Å². The van der Waals surface area contributed by atoms with Crippen LogP contribution in [0.2, 0.25) is 0 Å². The molecule has 1 nitrogen and oxygen atoms in total. The summed E-state index contributed by atoms with van der Waals surface area (Å²) in [6, 6.07) is 78.1. The van der Waals surface area contributed by atoms with Crippen molar-refractivity contribution in [2.45, 2.75) is 5.41 Å². The molecule has 0 aliphatic heterocycles. The fourth-order valence-electron chi connectivity index (χ4n) is 9.44. The largest absolute Gasteiger partial charge is 0.310 e. The highest BCUT2D eigenvalue weighted by Gasteiger charge is 2.52. The zero-order chi connectivity index (χ0) is 35.6. The molecule has 0 saturated carbocycles. The van der Waals surface area contributed by atoms with Gasteiger partial charge < -0.3 is 4.90 Å². The Balaban J connectivity index is 1.10. The summed E-state index contributed by atoms with van der Waals surface area (Å²) in [6.07, 6.45) is 0. The third-order valence-corrected chi connectivity index (χ3v) is 11.7. The average Bonchev–Trinajstić information content (AvgIpc) is 3.72. The van der Waals surface area contributed by atoms with Crippen LogP contribution in [0.25, 0.3) is 55.3 Å². The van der Waals surface area contributed by atoms with Gasteiger partial charge in [0.1, 0.15) is 0 Å². The molecule has 2 aliphatic carbocycles. The monoisotopic (exact) mass is 685 g/mol. The Morgan fingerprint density at radius 2 is 0.833 bits per heavy atom. The topological polar surface area (TPSA) is 3.24 Å². The van der Waals surface area contributed by atoms with E-state index in [0.29, 0.717) is 0 Å². The highest BCUT2D eigenvalue weighted by atomic mass is 15.1. The molecule has 54 heavy (non-hydrogen) atoms. The van der Waals surface area contributed by atoms with E-state index in [0.717, 1.165) is 11.4 Å². The fourth-order valence-corrected chi connectivity index (χ4v) is 9.44. The lowest BCUT2D eigenvalue weighted by Crippen LogP contribution is -2.26. The third kappa shape index (κ3) is 4.39. The molecule has 1 heteroatoms. The molecule has 0 unspecified atom stereocenters. The quantitative estimate of drug-likeness (QED) is 0.174. The van der Waals surface area contributed by atoms with E-state index < -0.39 is 5.41 Å². The summed E-state index contributed by atoms with van der Waals surface area (Å²) < 4.78 is 0. The Morgan fingerprint density at radius 3 is 1.54 bits per heavy atom. The van der Waals surface area contributed by atoms with Gasteiger partial charge in [-0.05, 0) is 108 Å². The van der Waals surface area contributed by atoms with Crippen LogP contribution in [0.15, 0.2) is 212 Å². The molecule has 9 aromatic carbocycles. The molecular weight excluding hydrogens is 651 g/mol. The van der Waals surface area contributed by atoms with Crippen molar-refractivity contribution in [1.29, 1.82) is 0 Å². The summed E-state index contributed by atoms with van der Waals surface area (Å²) >= 11 is 0. The van der Waals surface area contributed by atoms with Crippen LogP contribution in [0.1, 0.15) is 22.3 Å². The van der Waals surface area contributed by atoms with Crippen molar-refractivity contribution in [3.05, 3.63) is 235 Å². The van der Waals surface area contributed by atoms with Crippen LogP contribution in [0.4, 0.5) is 17.1 Å². The number of hydrogen-bond acceptors (Lipinski definition) is 1. The first-order chi connectivity index (χ1) is 26.8. The minimum Gasteiger partial charge on any atom is -0.310 e. The highest BCUT2D eigenvalue weighted by molar-refractivity contribution is 6.02. The number of rotatable bonds is 5. The first kappa shape index (κ1) is 30.6. The summed E-state index contributed by atoms with van der Waals surface area (Å²) in [5.74, 6) is 0. The van der Waals surface area contributed by atoms with E-state index >= 15 is 0 Å². The molecule has 11 rings (SSSR count). The molecule has 0 atom stereocenters. The van der Waals surface area contributed by atoms with E-state index in [1.165, 1.54) is 83.2 Å². The van der Waals surface area contributed by atoms with E-state index in [9.17, 15) is 0 Å². The van der Waals surface area contributed by atoms with E-state index in [2.05, 4.69) is 217 Å². The van der Waals surface area contributed by atoms with Gasteiger partial charge in [-0.3, -0.25) is 0 Å². The van der Waals surface area contributed by atoms with Gasteiger partial charge in [0.2, 0.25) is 0 Å². The van der Waals surface area contributed by atoms with Crippen LogP contribution >= 0.6 is 0 Å². The molecular formula is C53H35N. The van der Waals surface area contributed by atoms with Gasteiger partial charge in [-0.2, -0.15) is 0 Å². The van der Waals surface area contributed by atoms with Crippen molar-refractivity contribution in [2.24, 2.45) is 0 Å². The predicted octanol–water partition coefficient (Wildman–Crippen LogP) is 14.0. The van der Waals surface area contributed by atoms with Crippen molar-refractivity contribution >= 4 is 27.8 Å². The molecule has 0 aromatic heterocycles. The van der Waals surface area contributed by atoms with Crippen molar-refractivity contribution in [3.8, 4) is 44.5 Å². The molecule has 9 aromatic rings. The fraction of sp³-hybridized carbons (Fsp3) is 0.0189. The van der Waals surface area contributed by atoms with Crippen LogP contribution in [0.3, 0.4) is 0 Å². The lowest BCUT2D eigenvalue weighted by Gasteiger charge is -2.31. The summed E-state index contributed by atoms with van der Waals surface area (Å²) in [6.45, 7) is 0. The Morgan fingerprint density at radius 1 is 0.315 bits per heavy atom. The van der Waals surface area contributed by atoms with Gasteiger partial charge in [0.15, 0.2) is 0 Å². The summed E-state index contributed by atoms with van der Waals surface area (Å²) in [7, 11) is 0. The normalized spacial score (nSPS) is 13.0. The van der Waals surface area contributed by atoms with Gasteiger partial charge in [0.05, 0.1) is 11.1 Å². The lowest BCUT2D eigenvalue weighted by atomic mass is 9.70. The van der Waals surface area contributed by atoms with Crippen molar-refractivity contribution in [1.82, 2.24) is 0 Å². The molecule has 0 N–H and O–H groups in total. The maximum absolute atomic E-state index is 2.45. The van der Waals surface area contributed by atoms with Crippen molar-refractivity contribution in [2.75, 3.05) is 4.90 Å². The minimum absolute atomic E-state index is 0.395. The molecule has 0 bridgehead atoms. The summed E-state index contributed by atoms with van der Waals surface area (Å²) in [5.41, 5.74) is 18.5. The minimum atomic E-state index is -0.395. The van der Waals surface area contributed by atoms with Crippen LogP contribution in [-0.4, -0.2) is 0 Å². The van der Waals surface area contributed by atoms with Gasteiger partial charge in [0, 0.05) is 16.9 Å². The van der Waals surface area contributed by atoms with Gasteiger partial charge >= 0.3 is 0 Å². The molecule has 1 spiro atoms. The standard InChI is InChI=1S/C53H35N/c1-3-15-36(16-4-1)39-30-29-37-17-13-23-42(46(37)35-39)38-31-33-41(34-32-38)54(40-18-5-2-6-19-40)51-28-14-27-50-52(51)45-22-9-12-26-49(45)53(50)47-24-10-7-20-43(47)44-21-8-11-25-48(44)53/h1-35H. The average molecular weight is 686 g/mol. The molecule has 0 radical (unpaired) electrons.